The van der Waals surface area contributed by atoms with Crippen molar-refractivity contribution in [3.8, 4) is 5.75 Å². The number of alkyl halides is 6. The molecular weight excluding hydrogens is 600 g/mol. The molecule has 3 N–H and O–H groups in total. The Balaban J connectivity index is 0.000000402. The fourth-order valence-electron chi connectivity index (χ4n) is 4.71. The number of ether oxygens (including phenoxy) is 1. The lowest BCUT2D eigenvalue weighted by Gasteiger charge is -2.47. The van der Waals surface area contributed by atoms with E-state index in [9.17, 15) is 31.1 Å². The first-order chi connectivity index (χ1) is 20.4. The number of para-hydroxylation sites is 1. The number of benzene rings is 1. The van der Waals surface area contributed by atoms with Gasteiger partial charge in [0.2, 0.25) is 5.91 Å². The number of pyridine rings is 1. The SMILES string of the molecule is CC(C)CNC(=O)CC1CC2(CCN(Cc3ccncc3)CC2)Oc2ccccc21.O=C(O)C(F)(F)F.O=C(O)C(F)(F)F. The van der Waals surface area contributed by atoms with E-state index in [-0.39, 0.29) is 17.4 Å². The van der Waals surface area contributed by atoms with Gasteiger partial charge >= 0.3 is 24.3 Å². The first kappa shape index (κ1) is 36.3. The molecule has 1 aromatic carbocycles. The molecule has 1 aromatic heterocycles. The number of aromatic nitrogens is 1. The molecule has 3 heterocycles. The molecule has 1 saturated heterocycles. The third kappa shape index (κ3) is 12.0. The summed E-state index contributed by atoms with van der Waals surface area (Å²) < 4.78 is 70.1. The predicted octanol–water partition coefficient (Wildman–Crippen LogP) is 5.41. The minimum Gasteiger partial charge on any atom is -0.487 e. The fourth-order valence-corrected chi connectivity index (χ4v) is 4.71. The van der Waals surface area contributed by atoms with Crippen LogP contribution in [0.1, 0.15) is 56.6 Å². The van der Waals surface area contributed by atoms with Gasteiger partial charge in [0.1, 0.15) is 11.4 Å². The van der Waals surface area contributed by atoms with Crippen molar-refractivity contribution in [3.63, 3.8) is 0 Å². The van der Waals surface area contributed by atoms with Gasteiger partial charge in [0.05, 0.1) is 0 Å². The van der Waals surface area contributed by atoms with Crippen molar-refractivity contribution in [2.45, 2.75) is 69.9 Å². The molecule has 4 rings (SSSR count). The van der Waals surface area contributed by atoms with E-state index in [4.69, 9.17) is 24.5 Å². The molecule has 2 aliphatic rings. The van der Waals surface area contributed by atoms with Gasteiger partial charge in [0, 0.05) is 50.9 Å². The number of carbonyl (C=O) groups excluding carboxylic acids is 1. The number of nitrogens with one attached hydrogen (secondary N) is 1. The quantitative estimate of drug-likeness (QED) is 0.360. The van der Waals surface area contributed by atoms with Crippen molar-refractivity contribution in [2.24, 2.45) is 5.92 Å². The molecule has 0 radical (unpaired) electrons. The van der Waals surface area contributed by atoms with E-state index >= 15 is 0 Å². The molecule has 2 aromatic rings. The monoisotopic (exact) mass is 635 g/mol. The Hall–Kier alpha value is -3.88. The van der Waals surface area contributed by atoms with Gasteiger partial charge in [0.15, 0.2) is 0 Å². The summed E-state index contributed by atoms with van der Waals surface area (Å²) in [6, 6.07) is 12.5. The zero-order chi connectivity index (χ0) is 33.1. The molecule has 44 heavy (non-hydrogen) atoms. The van der Waals surface area contributed by atoms with Crippen molar-refractivity contribution >= 4 is 17.8 Å². The van der Waals surface area contributed by atoms with Gasteiger partial charge in [-0.2, -0.15) is 26.3 Å². The Labute approximate surface area is 250 Å². The highest BCUT2D eigenvalue weighted by Crippen LogP contribution is 2.46. The number of carbonyl (C=O) groups is 3. The van der Waals surface area contributed by atoms with Crippen LogP contribution in [0.4, 0.5) is 26.3 Å². The Kier molecular flexibility index (Phi) is 13.0. The standard InChI is InChI=1S/C25H33N3O2.2C2HF3O2/c1-19(2)17-27-24(29)15-21-16-25(30-23-6-4-3-5-22(21)23)9-13-28(14-10-25)18-20-7-11-26-12-8-20;2*3-2(4,5)1(6)7/h3-8,11-12,19,21H,9-10,13-18H2,1-2H3,(H,27,29);2*(H,6,7). The average molecular weight is 636 g/mol. The molecule has 1 unspecified atom stereocenters. The smallest absolute Gasteiger partial charge is 0.487 e. The molecule has 9 nitrogen and oxygen atoms in total. The number of likely N-dealkylation sites (tertiary alicyclic amines) is 1. The Morgan fingerprint density at radius 2 is 1.50 bits per heavy atom. The van der Waals surface area contributed by atoms with Gasteiger partial charge in [-0.25, -0.2) is 9.59 Å². The molecule has 0 bridgehead atoms. The number of halogens is 6. The summed E-state index contributed by atoms with van der Waals surface area (Å²) in [5.74, 6) is -3.72. The normalized spacial score (nSPS) is 17.6. The molecule has 1 fully saturated rings. The van der Waals surface area contributed by atoms with Crippen LogP contribution in [0, 0.1) is 5.92 Å². The second-order valence-corrected chi connectivity index (χ2v) is 10.9. The summed E-state index contributed by atoms with van der Waals surface area (Å²) in [7, 11) is 0. The molecule has 1 atom stereocenters. The van der Waals surface area contributed by atoms with Crippen LogP contribution in [0.25, 0.3) is 0 Å². The Bertz CT molecular complexity index is 1210. The van der Waals surface area contributed by atoms with E-state index < -0.39 is 24.3 Å². The maximum atomic E-state index is 12.6. The van der Waals surface area contributed by atoms with Crippen LogP contribution in [-0.2, 0) is 20.9 Å². The lowest BCUT2D eigenvalue weighted by molar-refractivity contribution is -0.193. The zero-order valence-corrected chi connectivity index (χ0v) is 24.1. The summed E-state index contributed by atoms with van der Waals surface area (Å²) in [6.07, 6.45) is -3.00. The maximum absolute atomic E-state index is 12.6. The number of hydrogen-bond acceptors (Lipinski definition) is 6. The number of aliphatic carboxylic acids is 2. The summed E-state index contributed by atoms with van der Waals surface area (Å²) in [5, 5.41) is 17.3. The number of amides is 1. The zero-order valence-electron chi connectivity index (χ0n) is 24.1. The highest BCUT2D eigenvalue weighted by atomic mass is 19.4. The number of nitrogens with zero attached hydrogens (tertiary/aromatic N) is 2. The van der Waals surface area contributed by atoms with E-state index in [0.29, 0.717) is 12.3 Å². The summed E-state index contributed by atoms with van der Waals surface area (Å²) >= 11 is 0. The molecule has 0 aliphatic carbocycles. The van der Waals surface area contributed by atoms with Crippen LogP contribution in [0.15, 0.2) is 48.8 Å². The number of hydrogen-bond donors (Lipinski definition) is 3. The van der Waals surface area contributed by atoms with Crippen LogP contribution in [0.5, 0.6) is 5.75 Å². The lowest BCUT2D eigenvalue weighted by atomic mass is 9.76. The predicted molar refractivity (Wildman–Crippen MR) is 146 cm³/mol. The molecule has 2 aliphatic heterocycles. The van der Waals surface area contributed by atoms with Gasteiger partial charge in [0.25, 0.3) is 0 Å². The summed E-state index contributed by atoms with van der Waals surface area (Å²) in [5.41, 5.74) is 2.32. The van der Waals surface area contributed by atoms with E-state index in [0.717, 1.165) is 51.2 Å². The number of carboxylic acid groups (broad SMARTS) is 2. The van der Waals surface area contributed by atoms with Crippen LogP contribution in [0.2, 0.25) is 0 Å². The highest BCUT2D eigenvalue weighted by Gasteiger charge is 2.43. The van der Waals surface area contributed by atoms with Crippen molar-refractivity contribution in [1.82, 2.24) is 15.2 Å². The van der Waals surface area contributed by atoms with Gasteiger partial charge in [-0.1, -0.05) is 32.0 Å². The summed E-state index contributed by atoms with van der Waals surface area (Å²) in [6.45, 7) is 7.96. The third-order valence-corrected chi connectivity index (χ3v) is 6.85. The number of rotatable bonds is 6. The van der Waals surface area contributed by atoms with Gasteiger partial charge in [-0.3, -0.25) is 14.7 Å². The van der Waals surface area contributed by atoms with E-state index in [1.165, 1.54) is 11.1 Å². The molecule has 15 heteroatoms. The van der Waals surface area contributed by atoms with Crippen molar-refractivity contribution in [2.75, 3.05) is 19.6 Å². The summed E-state index contributed by atoms with van der Waals surface area (Å²) in [4.78, 5) is 37.0. The maximum Gasteiger partial charge on any atom is 0.490 e. The van der Waals surface area contributed by atoms with Gasteiger partial charge < -0.3 is 20.3 Å². The first-order valence-electron chi connectivity index (χ1n) is 13.7. The van der Waals surface area contributed by atoms with Gasteiger partial charge in [-0.15, -0.1) is 0 Å². The van der Waals surface area contributed by atoms with E-state index in [2.05, 4.69) is 59.4 Å². The van der Waals surface area contributed by atoms with Crippen LogP contribution in [0.3, 0.4) is 0 Å². The molecular formula is C29H35F6N3O6. The fraction of sp³-hybridized carbons (Fsp3) is 0.517. The van der Waals surface area contributed by atoms with Crippen molar-refractivity contribution in [3.05, 3.63) is 59.9 Å². The number of fused-ring (bicyclic) bond motifs is 1. The Morgan fingerprint density at radius 1 is 0.977 bits per heavy atom. The number of carboxylic acids is 2. The Morgan fingerprint density at radius 3 is 2.00 bits per heavy atom. The van der Waals surface area contributed by atoms with Crippen LogP contribution in [-0.4, -0.2) is 75.5 Å². The van der Waals surface area contributed by atoms with Crippen LogP contribution < -0.4 is 10.1 Å². The lowest BCUT2D eigenvalue weighted by Crippen LogP contribution is -2.50. The van der Waals surface area contributed by atoms with Crippen molar-refractivity contribution < 1.29 is 55.7 Å². The third-order valence-electron chi connectivity index (χ3n) is 6.85. The topological polar surface area (TPSA) is 129 Å². The highest BCUT2D eigenvalue weighted by molar-refractivity contribution is 5.77. The van der Waals surface area contributed by atoms with Crippen LogP contribution >= 0.6 is 0 Å². The molecule has 244 valence electrons. The second-order valence-electron chi connectivity index (χ2n) is 10.9. The van der Waals surface area contributed by atoms with E-state index in [1.807, 2.05) is 18.5 Å². The van der Waals surface area contributed by atoms with E-state index in [1.54, 1.807) is 0 Å². The molecule has 0 saturated carbocycles. The van der Waals surface area contributed by atoms with Gasteiger partial charge in [-0.05, 0) is 54.5 Å². The minimum absolute atomic E-state index is 0.149. The average Bonchev–Trinajstić information content (AvgIpc) is 2.93. The number of piperidine rings is 1. The molecule has 1 amide bonds. The largest absolute Gasteiger partial charge is 0.490 e. The molecule has 1 spiro atoms. The second kappa shape index (κ2) is 15.7. The minimum atomic E-state index is -5.08. The van der Waals surface area contributed by atoms with Crippen molar-refractivity contribution in [1.29, 1.82) is 0 Å². The first-order valence-corrected chi connectivity index (χ1v) is 13.7.